The Morgan fingerprint density at radius 3 is 2.50 bits per heavy atom. The van der Waals surface area contributed by atoms with Crippen molar-refractivity contribution in [3.63, 3.8) is 0 Å². The number of carbonyl (C=O) groups is 1. The summed E-state index contributed by atoms with van der Waals surface area (Å²) in [5.41, 5.74) is 1.08. The summed E-state index contributed by atoms with van der Waals surface area (Å²) in [6.45, 7) is 0.626. The van der Waals surface area contributed by atoms with Crippen LogP contribution in [0, 0.1) is 0 Å². The van der Waals surface area contributed by atoms with E-state index in [2.05, 4.69) is 0 Å². The van der Waals surface area contributed by atoms with E-state index in [0.717, 1.165) is 12.0 Å². The normalized spacial score (nSPS) is 9.50. The van der Waals surface area contributed by atoms with Crippen molar-refractivity contribution in [1.82, 2.24) is 4.90 Å². The van der Waals surface area contributed by atoms with Crippen LogP contribution in [-0.4, -0.2) is 18.4 Å². The van der Waals surface area contributed by atoms with Gasteiger partial charge in [-0.1, -0.05) is 23.7 Å². The van der Waals surface area contributed by atoms with Crippen LogP contribution in [0.15, 0.2) is 24.3 Å². The number of rotatable bonds is 3. The molecule has 0 aliphatic carbocycles. The monoisotopic (exact) mass is 183 g/mol. The molecular formula is C9H10ClNO. The third kappa shape index (κ3) is 2.55. The standard InChI is InChI=1S/C9H10ClNO/c1-11(7-12)6-8-2-4-9(10)5-3-8/h2-5,7H,6H2,1H3. The van der Waals surface area contributed by atoms with Crippen LogP contribution < -0.4 is 0 Å². The minimum atomic E-state index is 0.626. The van der Waals surface area contributed by atoms with Crippen LogP contribution in [0.1, 0.15) is 5.56 Å². The van der Waals surface area contributed by atoms with Gasteiger partial charge in [0.1, 0.15) is 0 Å². The lowest BCUT2D eigenvalue weighted by Crippen LogP contribution is -2.14. The third-order valence-corrected chi connectivity index (χ3v) is 1.78. The van der Waals surface area contributed by atoms with Crippen LogP contribution in [0.2, 0.25) is 5.02 Å². The Morgan fingerprint density at radius 1 is 1.42 bits per heavy atom. The lowest BCUT2D eigenvalue weighted by atomic mass is 10.2. The summed E-state index contributed by atoms with van der Waals surface area (Å²) in [5, 5.41) is 0.715. The van der Waals surface area contributed by atoms with E-state index in [1.54, 1.807) is 11.9 Å². The quantitative estimate of drug-likeness (QED) is 0.656. The van der Waals surface area contributed by atoms with Crippen molar-refractivity contribution in [1.29, 1.82) is 0 Å². The molecule has 0 bridgehead atoms. The van der Waals surface area contributed by atoms with Crippen molar-refractivity contribution in [2.75, 3.05) is 7.05 Å². The number of halogens is 1. The second kappa shape index (κ2) is 4.12. The van der Waals surface area contributed by atoms with E-state index in [0.29, 0.717) is 11.6 Å². The Hall–Kier alpha value is -1.02. The smallest absolute Gasteiger partial charge is 0.209 e. The van der Waals surface area contributed by atoms with E-state index in [1.165, 1.54) is 0 Å². The first kappa shape index (κ1) is 9.07. The summed E-state index contributed by atoms with van der Waals surface area (Å²) < 4.78 is 0. The van der Waals surface area contributed by atoms with Gasteiger partial charge in [-0.2, -0.15) is 0 Å². The number of nitrogens with zero attached hydrogens (tertiary/aromatic N) is 1. The molecule has 1 amide bonds. The second-order valence-electron chi connectivity index (χ2n) is 2.65. The van der Waals surface area contributed by atoms with E-state index in [-0.39, 0.29) is 0 Å². The number of amides is 1. The number of carbonyl (C=O) groups excluding carboxylic acids is 1. The molecule has 1 aromatic rings. The SMILES string of the molecule is CN(C=O)Cc1ccc(Cl)cc1. The first-order valence-corrected chi connectivity index (χ1v) is 4.00. The van der Waals surface area contributed by atoms with Gasteiger partial charge in [0.05, 0.1) is 0 Å². The minimum absolute atomic E-state index is 0.626. The second-order valence-corrected chi connectivity index (χ2v) is 3.08. The molecule has 0 aromatic heterocycles. The van der Waals surface area contributed by atoms with Gasteiger partial charge in [-0.15, -0.1) is 0 Å². The molecule has 0 saturated carbocycles. The molecule has 0 saturated heterocycles. The molecule has 2 nitrogen and oxygen atoms in total. The predicted octanol–water partition coefficient (Wildman–Crippen LogP) is 1.93. The Kier molecular flexibility index (Phi) is 3.11. The van der Waals surface area contributed by atoms with Crippen molar-refractivity contribution < 1.29 is 4.79 Å². The van der Waals surface area contributed by atoms with Gasteiger partial charge in [0.15, 0.2) is 0 Å². The Labute approximate surface area is 76.8 Å². The Balaban J connectivity index is 2.64. The maximum absolute atomic E-state index is 10.3. The molecule has 0 spiro atoms. The van der Waals surface area contributed by atoms with Crippen LogP contribution >= 0.6 is 11.6 Å². The minimum Gasteiger partial charge on any atom is -0.344 e. The summed E-state index contributed by atoms with van der Waals surface area (Å²) in [6.07, 6.45) is 0.800. The molecule has 0 N–H and O–H groups in total. The molecule has 12 heavy (non-hydrogen) atoms. The van der Waals surface area contributed by atoms with Gasteiger partial charge >= 0.3 is 0 Å². The van der Waals surface area contributed by atoms with Gasteiger partial charge in [-0.05, 0) is 17.7 Å². The fraction of sp³-hybridized carbons (Fsp3) is 0.222. The fourth-order valence-corrected chi connectivity index (χ4v) is 1.04. The van der Waals surface area contributed by atoms with E-state index in [9.17, 15) is 4.79 Å². The van der Waals surface area contributed by atoms with Crippen molar-refractivity contribution >= 4 is 18.0 Å². The zero-order valence-electron chi connectivity index (χ0n) is 6.83. The van der Waals surface area contributed by atoms with Gasteiger partial charge in [0.25, 0.3) is 0 Å². The number of benzene rings is 1. The van der Waals surface area contributed by atoms with E-state index in [4.69, 9.17) is 11.6 Å². The summed E-state index contributed by atoms with van der Waals surface area (Å²) in [5.74, 6) is 0. The van der Waals surface area contributed by atoms with E-state index < -0.39 is 0 Å². The van der Waals surface area contributed by atoms with Crippen LogP contribution in [0.4, 0.5) is 0 Å². The lowest BCUT2D eigenvalue weighted by molar-refractivity contribution is -0.117. The Morgan fingerprint density at radius 2 is 2.00 bits per heavy atom. The van der Waals surface area contributed by atoms with Crippen molar-refractivity contribution in [3.8, 4) is 0 Å². The average Bonchev–Trinajstić information content (AvgIpc) is 2.09. The fourth-order valence-electron chi connectivity index (χ4n) is 0.915. The van der Waals surface area contributed by atoms with Gasteiger partial charge in [0, 0.05) is 18.6 Å². The molecule has 0 aliphatic heterocycles. The first-order chi connectivity index (χ1) is 5.72. The first-order valence-electron chi connectivity index (χ1n) is 3.62. The summed E-state index contributed by atoms with van der Waals surface area (Å²) in [6, 6.07) is 7.44. The predicted molar refractivity (Wildman–Crippen MR) is 49.0 cm³/mol. The van der Waals surface area contributed by atoms with E-state index >= 15 is 0 Å². The molecule has 1 aromatic carbocycles. The maximum Gasteiger partial charge on any atom is 0.209 e. The van der Waals surface area contributed by atoms with Crippen LogP contribution in [-0.2, 0) is 11.3 Å². The zero-order chi connectivity index (χ0) is 8.97. The summed E-state index contributed by atoms with van der Waals surface area (Å²) in [4.78, 5) is 11.8. The molecule has 64 valence electrons. The van der Waals surface area contributed by atoms with E-state index in [1.807, 2.05) is 24.3 Å². The van der Waals surface area contributed by atoms with Crippen molar-refractivity contribution in [2.24, 2.45) is 0 Å². The molecule has 0 unspecified atom stereocenters. The molecule has 0 fully saturated rings. The molecular weight excluding hydrogens is 174 g/mol. The zero-order valence-corrected chi connectivity index (χ0v) is 7.58. The van der Waals surface area contributed by atoms with Gasteiger partial charge in [0.2, 0.25) is 6.41 Å². The van der Waals surface area contributed by atoms with Crippen molar-refractivity contribution in [2.45, 2.75) is 6.54 Å². The average molecular weight is 184 g/mol. The molecule has 3 heteroatoms. The Bertz CT molecular complexity index is 258. The molecule has 0 atom stereocenters. The highest BCUT2D eigenvalue weighted by Crippen LogP contribution is 2.10. The van der Waals surface area contributed by atoms with Gasteiger partial charge in [-0.3, -0.25) is 4.79 Å². The third-order valence-electron chi connectivity index (χ3n) is 1.53. The van der Waals surface area contributed by atoms with Crippen LogP contribution in [0.3, 0.4) is 0 Å². The largest absolute Gasteiger partial charge is 0.344 e. The topological polar surface area (TPSA) is 20.3 Å². The van der Waals surface area contributed by atoms with Crippen molar-refractivity contribution in [3.05, 3.63) is 34.9 Å². The highest BCUT2D eigenvalue weighted by atomic mass is 35.5. The molecule has 0 heterocycles. The van der Waals surface area contributed by atoms with Crippen LogP contribution in [0.5, 0.6) is 0 Å². The van der Waals surface area contributed by atoms with Gasteiger partial charge in [-0.25, -0.2) is 0 Å². The summed E-state index contributed by atoms with van der Waals surface area (Å²) in [7, 11) is 1.74. The van der Waals surface area contributed by atoms with Crippen LogP contribution in [0.25, 0.3) is 0 Å². The lowest BCUT2D eigenvalue weighted by Gasteiger charge is -2.09. The molecule has 0 radical (unpaired) electrons. The highest BCUT2D eigenvalue weighted by Gasteiger charge is 1.95. The molecule has 1 rings (SSSR count). The van der Waals surface area contributed by atoms with Gasteiger partial charge < -0.3 is 4.90 Å². The number of hydrogen-bond acceptors (Lipinski definition) is 1. The molecule has 0 aliphatic rings. The summed E-state index contributed by atoms with van der Waals surface area (Å²) >= 11 is 5.70. The maximum atomic E-state index is 10.3. The number of hydrogen-bond donors (Lipinski definition) is 0. The highest BCUT2D eigenvalue weighted by molar-refractivity contribution is 6.30.